The van der Waals surface area contributed by atoms with E-state index in [0.717, 1.165) is 24.2 Å². The molecule has 1 aromatic heterocycles. The predicted molar refractivity (Wildman–Crippen MR) is 72.6 cm³/mol. The van der Waals surface area contributed by atoms with Gasteiger partial charge >= 0.3 is 0 Å². The molecule has 0 amide bonds. The molecule has 0 bridgehead atoms. The van der Waals surface area contributed by atoms with Crippen molar-refractivity contribution >= 4 is 22.5 Å². The fraction of sp³-hybridized carbons (Fsp3) is 0.429. The lowest BCUT2D eigenvalue weighted by Gasteiger charge is -2.06. The highest BCUT2D eigenvalue weighted by molar-refractivity contribution is 6.31. The van der Waals surface area contributed by atoms with E-state index in [0.29, 0.717) is 0 Å². The van der Waals surface area contributed by atoms with E-state index >= 15 is 0 Å². The Hall–Kier alpha value is -0.990. The summed E-state index contributed by atoms with van der Waals surface area (Å²) >= 11 is 6.03. The lowest BCUT2D eigenvalue weighted by Crippen LogP contribution is -2.18. The van der Waals surface area contributed by atoms with Gasteiger partial charge in [-0.1, -0.05) is 17.7 Å². The molecule has 0 aliphatic heterocycles. The largest absolute Gasteiger partial charge is 0.347 e. The van der Waals surface area contributed by atoms with Gasteiger partial charge < -0.3 is 9.88 Å². The first kappa shape index (κ1) is 11.1. The lowest BCUT2D eigenvalue weighted by molar-refractivity contribution is 0.588. The molecule has 2 aromatic rings. The van der Waals surface area contributed by atoms with Crippen LogP contribution in [0.4, 0.5) is 0 Å². The maximum Gasteiger partial charge on any atom is 0.0495 e. The lowest BCUT2D eigenvalue weighted by atomic mass is 10.2. The summed E-state index contributed by atoms with van der Waals surface area (Å²) in [5.74, 6) is 0. The molecule has 1 saturated carbocycles. The number of hydrogen-bond acceptors (Lipinski definition) is 1. The monoisotopic (exact) mass is 248 g/mol. The molecular formula is C14H17ClN2. The van der Waals surface area contributed by atoms with E-state index in [1.54, 1.807) is 0 Å². The number of aryl methyl sites for hydroxylation is 1. The predicted octanol–water partition coefficient (Wildman–Crippen LogP) is 3.44. The highest BCUT2D eigenvalue weighted by Crippen LogP contribution is 2.21. The Bertz CT molecular complexity index is 514. The molecule has 1 aliphatic carbocycles. The molecule has 3 rings (SSSR count). The summed E-state index contributed by atoms with van der Waals surface area (Å²) < 4.78 is 2.29. The van der Waals surface area contributed by atoms with Crippen molar-refractivity contribution in [3.05, 3.63) is 35.5 Å². The normalized spacial score (nSPS) is 15.6. The molecule has 1 aliphatic rings. The molecule has 17 heavy (non-hydrogen) atoms. The SMILES string of the molecule is Clc1ccc2ccn(CCCNC3CC3)c2c1. The number of benzene rings is 1. The second-order valence-corrected chi connectivity index (χ2v) is 5.23. The summed E-state index contributed by atoms with van der Waals surface area (Å²) in [4.78, 5) is 0. The number of aromatic nitrogens is 1. The summed E-state index contributed by atoms with van der Waals surface area (Å²) in [6, 6.07) is 9.04. The van der Waals surface area contributed by atoms with Crippen LogP contribution in [0, 0.1) is 0 Å². The van der Waals surface area contributed by atoms with Crippen LogP contribution in [0.5, 0.6) is 0 Å². The molecule has 1 fully saturated rings. The number of rotatable bonds is 5. The van der Waals surface area contributed by atoms with Gasteiger partial charge in [-0.15, -0.1) is 0 Å². The Labute approximate surface area is 107 Å². The minimum atomic E-state index is 0.811. The molecule has 0 atom stereocenters. The van der Waals surface area contributed by atoms with E-state index < -0.39 is 0 Å². The van der Waals surface area contributed by atoms with E-state index in [1.165, 1.54) is 30.2 Å². The van der Waals surface area contributed by atoms with E-state index in [4.69, 9.17) is 11.6 Å². The van der Waals surface area contributed by atoms with Crippen LogP contribution in [-0.2, 0) is 6.54 Å². The Morgan fingerprint density at radius 3 is 3.00 bits per heavy atom. The fourth-order valence-corrected chi connectivity index (χ4v) is 2.36. The molecule has 1 heterocycles. The third-order valence-corrected chi connectivity index (χ3v) is 3.56. The van der Waals surface area contributed by atoms with Crippen molar-refractivity contribution in [1.82, 2.24) is 9.88 Å². The van der Waals surface area contributed by atoms with Crippen LogP contribution in [0.15, 0.2) is 30.5 Å². The summed E-state index contributed by atoms with van der Waals surface area (Å²) in [5.41, 5.74) is 1.24. The van der Waals surface area contributed by atoms with Crippen molar-refractivity contribution in [2.24, 2.45) is 0 Å². The van der Waals surface area contributed by atoms with Crippen LogP contribution < -0.4 is 5.32 Å². The zero-order chi connectivity index (χ0) is 11.7. The van der Waals surface area contributed by atoms with Crippen LogP contribution in [0.1, 0.15) is 19.3 Å². The molecule has 0 saturated heterocycles. The van der Waals surface area contributed by atoms with Crippen molar-refractivity contribution < 1.29 is 0 Å². The molecule has 1 aromatic carbocycles. The van der Waals surface area contributed by atoms with Gasteiger partial charge in [0.15, 0.2) is 0 Å². The third kappa shape index (κ3) is 2.64. The first-order valence-electron chi connectivity index (χ1n) is 6.31. The number of hydrogen-bond donors (Lipinski definition) is 1. The average Bonchev–Trinajstić information content (AvgIpc) is 3.07. The van der Waals surface area contributed by atoms with Crippen LogP contribution in [0.2, 0.25) is 5.02 Å². The van der Waals surface area contributed by atoms with Crippen LogP contribution in [-0.4, -0.2) is 17.2 Å². The van der Waals surface area contributed by atoms with Crippen molar-refractivity contribution in [2.45, 2.75) is 31.8 Å². The second kappa shape index (κ2) is 4.71. The van der Waals surface area contributed by atoms with Crippen molar-refractivity contribution in [1.29, 1.82) is 0 Å². The van der Waals surface area contributed by atoms with Gasteiger partial charge in [0.2, 0.25) is 0 Å². The van der Waals surface area contributed by atoms with Gasteiger partial charge in [-0.2, -0.15) is 0 Å². The third-order valence-electron chi connectivity index (χ3n) is 3.32. The summed E-state index contributed by atoms with van der Waals surface area (Å²) in [6.45, 7) is 2.18. The molecule has 1 N–H and O–H groups in total. The number of fused-ring (bicyclic) bond motifs is 1. The van der Waals surface area contributed by atoms with Crippen molar-refractivity contribution in [2.75, 3.05) is 6.54 Å². The maximum absolute atomic E-state index is 6.03. The number of nitrogens with one attached hydrogen (secondary N) is 1. The Balaban J connectivity index is 1.64. The van der Waals surface area contributed by atoms with Gasteiger partial charge in [0.25, 0.3) is 0 Å². The van der Waals surface area contributed by atoms with Crippen molar-refractivity contribution in [3.63, 3.8) is 0 Å². The molecule has 0 unspecified atom stereocenters. The van der Waals surface area contributed by atoms with Gasteiger partial charge in [0.05, 0.1) is 0 Å². The minimum absolute atomic E-state index is 0.811. The van der Waals surface area contributed by atoms with Gasteiger partial charge in [0.1, 0.15) is 0 Å². The smallest absolute Gasteiger partial charge is 0.0495 e. The van der Waals surface area contributed by atoms with Crippen molar-refractivity contribution in [3.8, 4) is 0 Å². The Morgan fingerprint density at radius 2 is 2.18 bits per heavy atom. The highest BCUT2D eigenvalue weighted by atomic mass is 35.5. The van der Waals surface area contributed by atoms with E-state index in [-0.39, 0.29) is 0 Å². The van der Waals surface area contributed by atoms with E-state index in [2.05, 4.69) is 28.2 Å². The number of nitrogens with zero attached hydrogens (tertiary/aromatic N) is 1. The standard InChI is InChI=1S/C14H17ClN2/c15-12-3-2-11-6-9-17(14(11)10-12)8-1-7-16-13-4-5-13/h2-3,6,9-10,13,16H,1,4-5,7-8H2. The van der Waals surface area contributed by atoms with E-state index in [9.17, 15) is 0 Å². The second-order valence-electron chi connectivity index (χ2n) is 4.79. The molecule has 3 heteroatoms. The van der Waals surface area contributed by atoms with Gasteiger partial charge in [-0.05, 0) is 49.4 Å². The zero-order valence-corrected chi connectivity index (χ0v) is 10.6. The first-order valence-corrected chi connectivity index (χ1v) is 6.68. The highest BCUT2D eigenvalue weighted by Gasteiger charge is 2.19. The Morgan fingerprint density at radius 1 is 1.29 bits per heavy atom. The number of halogens is 1. The molecule has 90 valence electrons. The van der Waals surface area contributed by atoms with Crippen LogP contribution in [0.25, 0.3) is 10.9 Å². The van der Waals surface area contributed by atoms with Crippen LogP contribution in [0.3, 0.4) is 0 Å². The van der Waals surface area contributed by atoms with Crippen LogP contribution >= 0.6 is 11.6 Å². The quantitative estimate of drug-likeness (QED) is 0.803. The van der Waals surface area contributed by atoms with Gasteiger partial charge in [-0.3, -0.25) is 0 Å². The Kier molecular flexibility index (Phi) is 3.08. The summed E-state index contributed by atoms with van der Waals surface area (Å²) in [6.07, 6.45) is 6.05. The molecule has 0 radical (unpaired) electrons. The zero-order valence-electron chi connectivity index (χ0n) is 9.82. The maximum atomic E-state index is 6.03. The molecule has 2 nitrogen and oxygen atoms in total. The topological polar surface area (TPSA) is 17.0 Å². The average molecular weight is 249 g/mol. The van der Waals surface area contributed by atoms with Gasteiger partial charge in [0, 0.05) is 29.3 Å². The first-order chi connectivity index (χ1) is 8.33. The van der Waals surface area contributed by atoms with E-state index in [1.807, 2.05) is 12.1 Å². The fourth-order valence-electron chi connectivity index (χ4n) is 2.20. The summed E-state index contributed by atoms with van der Waals surface area (Å²) in [7, 11) is 0. The molecular weight excluding hydrogens is 232 g/mol. The molecule has 0 spiro atoms. The van der Waals surface area contributed by atoms with Gasteiger partial charge in [-0.25, -0.2) is 0 Å². The minimum Gasteiger partial charge on any atom is -0.347 e. The summed E-state index contributed by atoms with van der Waals surface area (Å²) in [5, 5.41) is 5.62.